The fourth-order valence-corrected chi connectivity index (χ4v) is 5.19. The van der Waals surface area contributed by atoms with Crippen LogP contribution in [0.15, 0.2) is 95.6 Å². The lowest BCUT2D eigenvalue weighted by molar-refractivity contribution is -0.117. The number of aromatic nitrogens is 3. The summed E-state index contributed by atoms with van der Waals surface area (Å²) in [5.74, 6) is 1.18. The number of nitrogens with zero attached hydrogens (tertiary/aromatic N) is 3. The van der Waals surface area contributed by atoms with Crippen molar-refractivity contribution in [3.8, 4) is 11.3 Å². The average Bonchev–Trinajstić information content (AvgIpc) is 3.65. The molecule has 0 bridgehead atoms. The molecule has 1 saturated carbocycles. The van der Waals surface area contributed by atoms with Crippen molar-refractivity contribution in [2.75, 3.05) is 10.6 Å². The van der Waals surface area contributed by atoms with Crippen molar-refractivity contribution in [3.63, 3.8) is 0 Å². The van der Waals surface area contributed by atoms with Crippen LogP contribution in [0.3, 0.4) is 0 Å². The van der Waals surface area contributed by atoms with Gasteiger partial charge in [0.2, 0.25) is 5.91 Å². The van der Waals surface area contributed by atoms with Crippen LogP contribution in [-0.2, 0) is 11.3 Å². The highest BCUT2D eigenvalue weighted by Crippen LogP contribution is 2.47. The summed E-state index contributed by atoms with van der Waals surface area (Å²) >= 11 is 9.99. The van der Waals surface area contributed by atoms with Gasteiger partial charge in [0.05, 0.1) is 16.4 Å². The number of nitrogens with one attached hydrogen (secondary N) is 2. The molecule has 2 atom stereocenters. The highest BCUT2D eigenvalue weighted by molar-refractivity contribution is 9.10. The Morgan fingerprint density at radius 3 is 2.68 bits per heavy atom. The normalized spacial score (nSPS) is 16.5. The molecule has 1 fully saturated rings. The minimum atomic E-state index is 0.0239. The Morgan fingerprint density at radius 2 is 1.84 bits per heavy atom. The molecule has 0 unspecified atom stereocenters. The van der Waals surface area contributed by atoms with E-state index in [-0.39, 0.29) is 11.8 Å². The molecular weight excluding hydrogens is 550 g/mol. The van der Waals surface area contributed by atoms with Gasteiger partial charge in [-0.15, -0.1) is 0 Å². The second-order valence-electron chi connectivity index (χ2n) is 9.14. The van der Waals surface area contributed by atoms with Gasteiger partial charge in [-0.3, -0.25) is 4.79 Å². The summed E-state index contributed by atoms with van der Waals surface area (Å²) in [7, 11) is 0. The minimum absolute atomic E-state index is 0.0239. The number of carbonyl (C=O) groups is 1. The maximum Gasteiger partial charge on any atom is 0.228 e. The van der Waals surface area contributed by atoms with E-state index in [1.807, 2.05) is 72.8 Å². The molecular formula is C29H23BrClN5O. The van der Waals surface area contributed by atoms with Crippen LogP contribution in [0.25, 0.3) is 16.9 Å². The summed E-state index contributed by atoms with van der Waals surface area (Å²) in [4.78, 5) is 17.6. The van der Waals surface area contributed by atoms with Crippen molar-refractivity contribution in [1.29, 1.82) is 0 Å². The van der Waals surface area contributed by atoms with Crippen molar-refractivity contribution >= 4 is 50.6 Å². The first-order chi connectivity index (χ1) is 18.1. The van der Waals surface area contributed by atoms with Gasteiger partial charge in [0.25, 0.3) is 0 Å². The maximum atomic E-state index is 12.8. The van der Waals surface area contributed by atoms with Gasteiger partial charge in [-0.25, -0.2) is 4.98 Å². The van der Waals surface area contributed by atoms with Gasteiger partial charge in [0.1, 0.15) is 5.82 Å². The lowest BCUT2D eigenvalue weighted by Crippen LogP contribution is -2.15. The predicted octanol–water partition coefficient (Wildman–Crippen LogP) is 7.17. The Balaban J connectivity index is 1.18. The molecule has 0 saturated heterocycles. The van der Waals surface area contributed by atoms with Gasteiger partial charge in [-0.2, -0.15) is 9.61 Å². The fraction of sp³-hybridized carbons (Fsp3) is 0.138. The molecule has 6 rings (SSSR count). The molecule has 6 nitrogen and oxygen atoms in total. The van der Waals surface area contributed by atoms with Gasteiger partial charge in [-0.05, 0) is 57.6 Å². The van der Waals surface area contributed by atoms with Gasteiger partial charge in [0.15, 0.2) is 5.65 Å². The van der Waals surface area contributed by atoms with E-state index in [1.54, 1.807) is 10.7 Å². The second-order valence-corrected chi connectivity index (χ2v) is 10.4. The third-order valence-electron chi connectivity index (χ3n) is 6.60. The lowest BCUT2D eigenvalue weighted by atomic mass is 10.1. The van der Waals surface area contributed by atoms with Crippen molar-refractivity contribution in [2.24, 2.45) is 5.92 Å². The molecule has 37 heavy (non-hydrogen) atoms. The Hall–Kier alpha value is -3.68. The highest BCUT2D eigenvalue weighted by atomic mass is 79.9. The zero-order valence-electron chi connectivity index (χ0n) is 19.7. The zero-order valence-corrected chi connectivity index (χ0v) is 22.1. The van der Waals surface area contributed by atoms with E-state index in [1.165, 1.54) is 5.56 Å². The van der Waals surface area contributed by atoms with Crippen molar-refractivity contribution in [2.45, 2.75) is 18.9 Å². The van der Waals surface area contributed by atoms with Crippen LogP contribution in [-0.4, -0.2) is 20.5 Å². The van der Waals surface area contributed by atoms with Crippen molar-refractivity contribution in [3.05, 3.63) is 112 Å². The summed E-state index contributed by atoms with van der Waals surface area (Å²) in [5, 5.41) is 11.7. The molecule has 2 heterocycles. The number of rotatable bonds is 7. The van der Waals surface area contributed by atoms with Crippen LogP contribution in [0.5, 0.6) is 0 Å². The number of benzene rings is 3. The summed E-state index contributed by atoms with van der Waals surface area (Å²) in [5.41, 5.74) is 5.34. The van der Waals surface area contributed by atoms with E-state index in [2.05, 4.69) is 43.8 Å². The molecule has 5 aromatic rings. The molecule has 2 N–H and O–H groups in total. The molecule has 1 aliphatic carbocycles. The van der Waals surface area contributed by atoms with E-state index in [0.29, 0.717) is 23.1 Å². The number of carbonyl (C=O) groups excluding carboxylic acids is 1. The quantitative estimate of drug-likeness (QED) is 0.217. The second kappa shape index (κ2) is 10.00. The van der Waals surface area contributed by atoms with Crippen LogP contribution in [0.2, 0.25) is 5.02 Å². The third kappa shape index (κ3) is 4.97. The molecule has 0 spiro atoms. The Labute approximate surface area is 227 Å². The largest absolute Gasteiger partial charge is 0.366 e. The van der Waals surface area contributed by atoms with Gasteiger partial charge >= 0.3 is 0 Å². The molecule has 1 aliphatic rings. The molecule has 3 aromatic carbocycles. The first-order valence-electron chi connectivity index (χ1n) is 12.0. The van der Waals surface area contributed by atoms with Crippen molar-refractivity contribution in [1.82, 2.24) is 14.6 Å². The standard InChI is InChI=1S/C29H23BrClN5O/c30-24-17-33-36-27(15-26(35-28(24)36)21-11-4-5-12-25(21)31)32-16-18-7-6-10-20(13-18)34-29(37)23-14-22(23)19-8-2-1-3-9-19/h1-13,15,17,22-23,32H,14,16H2,(H,34,37)/t22-,23+/m0/s1. The van der Waals surface area contributed by atoms with E-state index >= 15 is 0 Å². The summed E-state index contributed by atoms with van der Waals surface area (Å²) in [6, 6.07) is 27.7. The SMILES string of the molecule is O=C(Nc1cccc(CNc2cc(-c3ccccc3Cl)nc3c(Br)cnn23)c1)[C@@H]1C[C@H]1c1ccccc1. The summed E-state index contributed by atoms with van der Waals surface area (Å²) in [6.45, 7) is 0.540. The topological polar surface area (TPSA) is 71.3 Å². The molecule has 0 aliphatic heterocycles. The van der Waals surface area contributed by atoms with Gasteiger partial charge < -0.3 is 10.6 Å². The Kier molecular flexibility index (Phi) is 6.40. The van der Waals surface area contributed by atoms with E-state index in [0.717, 1.165) is 39.2 Å². The fourth-order valence-electron chi connectivity index (χ4n) is 4.61. The number of fused-ring (bicyclic) bond motifs is 1. The minimum Gasteiger partial charge on any atom is -0.366 e. The Bertz CT molecular complexity index is 1600. The first-order valence-corrected chi connectivity index (χ1v) is 13.2. The zero-order chi connectivity index (χ0) is 25.4. The molecule has 1 amide bonds. The van der Waals surface area contributed by atoms with Crippen molar-refractivity contribution < 1.29 is 4.79 Å². The van der Waals surface area contributed by atoms with Gasteiger partial charge in [0, 0.05) is 34.8 Å². The summed E-state index contributed by atoms with van der Waals surface area (Å²) in [6.07, 6.45) is 2.61. The van der Waals surface area contributed by atoms with Gasteiger partial charge in [-0.1, -0.05) is 72.3 Å². The summed E-state index contributed by atoms with van der Waals surface area (Å²) < 4.78 is 2.55. The number of hydrogen-bond acceptors (Lipinski definition) is 4. The van der Waals surface area contributed by atoms with Crippen LogP contribution in [0.1, 0.15) is 23.5 Å². The smallest absolute Gasteiger partial charge is 0.228 e. The van der Waals surface area contributed by atoms with E-state index in [9.17, 15) is 4.79 Å². The van der Waals surface area contributed by atoms with Crippen LogP contribution < -0.4 is 10.6 Å². The van der Waals surface area contributed by atoms with Crippen LogP contribution in [0, 0.1) is 5.92 Å². The monoisotopic (exact) mass is 571 g/mol. The molecule has 8 heteroatoms. The maximum absolute atomic E-state index is 12.8. The van der Waals surface area contributed by atoms with E-state index < -0.39 is 0 Å². The van der Waals surface area contributed by atoms with Crippen LogP contribution in [0.4, 0.5) is 11.5 Å². The molecule has 2 aromatic heterocycles. The number of amides is 1. The predicted molar refractivity (Wildman–Crippen MR) is 151 cm³/mol. The molecule has 0 radical (unpaired) electrons. The number of halogens is 2. The average molecular weight is 573 g/mol. The van der Waals surface area contributed by atoms with Crippen LogP contribution >= 0.6 is 27.5 Å². The number of hydrogen-bond donors (Lipinski definition) is 2. The first kappa shape index (κ1) is 23.7. The number of anilines is 2. The van der Waals surface area contributed by atoms with E-state index in [4.69, 9.17) is 16.6 Å². The Morgan fingerprint density at radius 1 is 1.03 bits per heavy atom. The third-order valence-corrected chi connectivity index (χ3v) is 7.49. The lowest BCUT2D eigenvalue weighted by Gasteiger charge is -2.13. The highest BCUT2D eigenvalue weighted by Gasteiger charge is 2.43. The molecule has 184 valence electrons.